The first kappa shape index (κ1) is 22.5. The van der Waals surface area contributed by atoms with Crippen molar-refractivity contribution in [2.24, 2.45) is 11.7 Å². The van der Waals surface area contributed by atoms with Crippen molar-refractivity contribution in [2.45, 2.75) is 51.6 Å². The lowest BCUT2D eigenvalue weighted by atomic mass is 9.97. The Morgan fingerprint density at radius 2 is 1.52 bits per heavy atom. The van der Waals surface area contributed by atoms with Crippen molar-refractivity contribution in [2.75, 3.05) is 6.61 Å². The maximum atomic E-state index is 12.8. The third-order valence-corrected chi connectivity index (χ3v) is 5.25. The van der Waals surface area contributed by atoms with Crippen molar-refractivity contribution in [1.82, 2.24) is 0 Å². The van der Waals surface area contributed by atoms with E-state index in [-0.39, 0.29) is 31.8 Å². The van der Waals surface area contributed by atoms with E-state index < -0.39 is 29.4 Å². The number of nitrogens with two attached hydrogens (primary N) is 1. The molecule has 6 nitrogen and oxygen atoms in total. The van der Waals surface area contributed by atoms with E-state index in [1.54, 1.807) is 20.8 Å². The van der Waals surface area contributed by atoms with Gasteiger partial charge in [-0.2, -0.15) is 0 Å². The smallest absolute Gasteiger partial charge is 0.309 e. The van der Waals surface area contributed by atoms with Gasteiger partial charge in [0.2, 0.25) is 5.91 Å². The average Bonchev–Trinajstić information content (AvgIpc) is 3.01. The lowest BCUT2D eigenvalue weighted by molar-refractivity contribution is -0.156. The Balaban J connectivity index is 1.67. The molecule has 2 aromatic carbocycles. The van der Waals surface area contributed by atoms with E-state index in [1.165, 1.54) is 0 Å². The maximum Gasteiger partial charge on any atom is 0.309 e. The second kappa shape index (κ2) is 9.33. The predicted molar refractivity (Wildman–Crippen MR) is 117 cm³/mol. The van der Waals surface area contributed by atoms with Gasteiger partial charge in [0.15, 0.2) is 0 Å². The first-order valence-corrected chi connectivity index (χ1v) is 10.5. The van der Waals surface area contributed by atoms with Crippen LogP contribution in [-0.4, -0.2) is 30.1 Å². The monoisotopic (exact) mass is 423 g/mol. The summed E-state index contributed by atoms with van der Waals surface area (Å²) >= 11 is 0. The topological polar surface area (TPSA) is 95.7 Å². The molecule has 0 aliphatic heterocycles. The summed E-state index contributed by atoms with van der Waals surface area (Å²) in [5.41, 5.74) is 9.20. The highest BCUT2D eigenvalue weighted by atomic mass is 16.6. The van der Waals surface area contributed by atoms with Crippen molar-refractivity contribution in [1.29, 1.82) is 0 Å². The zero-order chi connectivity index (χ0) is 22.6. The van der Waals surface area contributed by atoms with Crippen LogP contribution < -0.4 is 5.73 Å². The molecule has 0 radical (unpaired) electrons. The maximum absolute atomic E-state index is 12.8. The van der Waals surface area contributed by atoms with Gasteiger partial charge in [-0.1, -0.05) is 48.5 Å². The van der Waals surface area contributed by atoms with Crippen LogP contribution in [0.15, 0.2) is 48.5 Å². The Morgan fingerprint density at radius 1 is 0.968 bits per heavy atom. The van der Waals surface area contributed by atoms with Crippen molar-refractivity contribution < 1.29 is 23.9 Å². The van der Waals surface area contributed by atoms with Gasteiger partial charge in [-0.15, -0.1) is 0 Å². The molecule has 1 amide bonds. The normalized spacial score (nSPS) is 13.8. The number of hydrogen-bond donors (Lipinski definition) is 1. The number of amides is 1. The minimum atomic E-state index is -0.781. The molecule has 0 saturated heterocycles. The van der Waals surface area contributed by atoms with Gasteiger partial charge in [0.1, 0.15) is 12.2 Å². The molecular formula is C25H29NO5. The minimum absolute atomic E-state index is 0.0133. The highest BCUT2D eigenvalue weighted by molar-refractivity contribution is 5.83. The molecule has 1 unspecified atom stereocenters. The summed E-state index contributed by atoms with van der Waals surface area (Å²) in [6.45, 7) is 5.49. The van der Waals surface area contributed by atoms with Gasteiger partial charge in [-0.3, -0.25) is 14.4 Å². The number of ether oxygens (including phenoxy) is 2. The molecule has 0 bridgehead atoms. The Labute approximate surface area is 182 Å². The molecule has 1 aliphatic rings. The zero-order valence-electron chi connectivity index (χ0n) is 18.2. The lowest BCUT2D eigenvalue weighted by Crippen LogP contribution is -2.28. The Hall–Kier alpha value is -3.15. The van der Waals surface area contributed by atoms with E-state index in [0.717, 1.165) is 22.3 Å². The first-order valence-electron chi connectivity index (χ1n) is 10.5. The Kier molecular flexibility index (Phi) is 6.78. The fourth-order valence-corrected chi connectivity index (χ4v) is 3.95. The largest absolute Gasteiger partial charge is 0.464 e. The number of rotatable bonds is 8. The molecule has 0 fully saturated rings. The molecule has 31 heavy (non-hydrogen) atoms. The Bertz CT molecular complexity index is 930. The number of esters is 2. The second-order valence-electron chi connectivity index (χ2n) is 8.85. The van der Waals surface area contributed by atoms with Gasteiger partial charge in [0.05, 0.1) is 5.92 Å². The summed E-state index contributed by atoms with van der Waals surface area (Å²) in [6, 6.07) is 16.1. The van der Waals surface area contributed by atoms with Gasteiger partial charge in [0, 0.05) is 18.8 Å². The number of carbonyl (C=O) groups excluding carboxylic acids is 3. The molecule has 1 aliphatic carbocycles. The number of fused-ring (bicyclic) bond motifs is 3. The highest BCUT2D eigenvalue weighted by Crippen LogP contribution is 2.44. The predicted octanol–water partition coefficient (Wildman–Crippen LogP) is 3.96. The number of benzene rings is 2. The SMILES string of the molecule is CC(C)(C)OC(=O)CCC(CC(N)=O)C(=O)OCC1c2ccccc2-c2ccccc21. The summed E-state index contributed by atoms with van der Waals surface area (Å²) in [7, 11) is 0. The van der Waals surface area contributed by atoms with Crippen LogP contribution in [0.4, 0.5) is 0 Å². The number of carbonyl (C=O) groups is 3. The van der Waals surface area contributed by atoms with Crippen molar-refractivity contribution in [3.05, 3.63) is 59.7 Å². The molecule has 6 heteroatoms. The van der Waals surface area contributed by atoms with Gasteiger partial charge in [-0.05, 0) is 49.4 Å². The van der Waals surface area contributed by atoms with Crippen LogP contribution >= 0.6 is 0 Å². The van der Waals surface area contributed by atoms with Crippen LogP contribution in [-0.2, 0) is 23.9 Å². The van der Waals surface area contributed by atoms with Crippen molar-refractivity contribution >= 4 is 17.8 Å². The summed E-state index contributed by atoms with van der Waals surface area (Å²) in [6.07, 6.45) is -0.00654. The van der Waals surface area contributed by atoms with Gasteiger partial charge in [-0.25, -0.2) is 0 Å². The number of primary amides is 1. The van der Waals surface area contributed by atoms with E-state index in [1.807, 2.05) is 36.4 Å². The minimum Gasteiger partial charge on any atom is -0.464 e. The molecule has 2 N–H and O–H groups in total. The van der Waals surface area contributed by atoms with Crippen LogP contribution in [0.3, 0.4) is 0 Å². The third-order valence-electron chi connectivity index (χ3n) is 5.25. The van der Waals surface area contributed by atoms with Crippen LogP contribution in [0.2, 0.25) is 0 Å². The Morgan fingerprint density at radius 3 is 2.03 bits per heavy atom. The number of hydrogen-bond acceptors (Lipinski definition) is 5. The molecule has 2 aromatic rings. The lowest BCUT2D eigenvalue weighted by Gasteiger charge is -2.21. The summed E-state index contributed by atoms with van der Waals surface area (Å²) in [4.78, 5) is 36.3. The molecule has 1 atom stereocenters. The third kappa shape index (κ3) is 5.72. The fourth-order valence-electron chi connectivity index (χ4n) is 3.95. The molecule has 0 heterocycles. The molecule has 0 aromatic heterocycles. The van der Waals surface area contributed by atoms with E-state index in [0.29, 0.717) is 0 Å². The first-order chi connectivity index (χ1) is 14.7. The summed E-state index contributed by atoms with van der Waals surface area (Å²) < 4.78 is 10.9. The zero-order valence-corrected chi connectivity index (χ0v) is 18.2. The van der Waals surface area contributed by atoms with E-state index >= 15 is 0 Å². The summed E-state index contributed by atoms with van der Waals surface area (Å²) in [5.74, 6) is -2.41. The van der Waals surface area contributed by atoms with Crippen LogP contribution in [0.5, 0.6) is 0 Å². The van der Waals surface area contributed by atoms with E-state index in [2.05, 4.69) is 12.1 Å². The van der Waals surface area contributed by atoms with Crippen LogP contribution in [0.25, 0.3) is 11.1 Å². The molecule has 0 spiro atoms. The fraction of sp³-hybridized carbons (Fsp3) is 0.400. The molecule has 164 valence electrons. The highest BCUT2D eigenvalue weighted by Gasteiger charge is 2.31. The van der Waals surface area contributed by atoms with E-state index in [4.69, 9.17) is 15.2 Å². The van der Waals surface area contributed by atoms with Crippen molar-refractivity contribution in [3.63, 3.8) is 0 Å². The molecule has 3 rings (SSSR count). The quantitative estimate of drug-likeness (QED) is 0.649. The molecule has 0 saturated carbocycles. The van der Waals surface area contributed by atoms with Gasteiger partial charge >= 0.3 is 11.9 Å². The summed E-state index contributed by atoms with van der Waals surface area (Å²) in [5, 5.41) is 0. The van der Waals surface area contributed by atoms with Gasteiger partial charge < -0.3 is 15.2 Å². The van der Waals surface area contributed by atoms with E-state index in [9.17, 15) is 14.4 Å². The molecular weight excluding hydrogens is 394 g/mol. The van der Waals surface area contributed by atoms with Crippen LogP contribution in [0, 0.1) is 5.92 Å². The van der Waals surface area contributed by atoms with Crippen LogP contribution in [0.1, 0.15) is 57.1 Å². The van der Waals surface area contributed by atoms with Gasteiger partial charge in [0.25, 0.3) is 0 Å². The average molecular weight is 424 g/mol. The van der Waals surface area contributed by atoms with Crippen molar-refractivity contribution in [3.8, 4) is 11.1 Å². The second-order valence-corrected chi connectivity index (χ2v) is 8.85. The standard InChI is InChI=1S/C25H29NO5/c1-25(2,3)31-23(28)13-12-16(14-22(26)27)24(29)30-15-21-19-10-6-4-8-17(19)18-9-5-7-11-20(18)21/h4-11,16,21H,12-15H2,1-3H3,(H2,26,27).